The zero-order valence-corrected chi connectivity index (χ0v) is 43.0. The maximum absolute atomic E-state index is 13.4. The fraction of sp³-hybridized carbons (Fsp3) is 0.549. The Labute approximate surface area is 434 Å². The predicted octanol–water partition coefficient (Wildman–Crippen LogP) is 4.22. The summed E-state index contributed by atoms with van der Waals surface area (Å²) in [6, 6.07) is 11.2. The van der Waals surface area contributed by atoms with Gasteiger partial charge in [0.25, 0.3) is 0 Å². The van der Waals surface area contributed by atoms with Gasteiger partial charge in [0.1, 0.15) is 37.1 Å². The molecule has 3 fully saturated rings. The van der Waals surface area contributed by atoms with Gasteiger partial charge in [-0.3, -0.25) is 38.5 Å². The van der Waals surface area contributed by atoms with Crippen LogP contribution in [0.1, 0.15) is 103 Å². The molecule has 25 heteroatoms. The normalized spacial score (nSPS) is 24.7. The predicted molar refractivity (Wildman–Crippen MR) is 250 cm³/mol. The molecule has 0 radical (unpaired) electrons. The summed E-state index contributed by atoms with van der Waals surface area (Å²) in [5, 5.41) is 10.6. The van der Waals surface area contributed by atoms with Crippen molar-refractivity contribution in [3.63, 3.8) is 0 Å². The number of hydrogen-bond donors (Lipinski definition) is 1. The lowest BCUT2D eigenvalue weighted by molar-refractivity contribution is -0.354. The van der Waals surface area contributed by atoms with E-state index < -0.39 is 135 Å². The lowest BCUT2D eigenvalue weighted by atomic mass is 9.86. The molecule has 76 heavy (non-hydrogen) atoms. The van der Waals surface area contributed by atoms with Gasteiger partial charge in [-0.1, -0.05) is 18.2 Å². The van der Waals surface area contributed by atoms with Gasteiger partial charge in [-0.2, -0.15) is 8.78 Å². The van der Waals surface area contributed by atoms with Gasteiger partial charge in [0, 0.05) is 72.8 Å². The summed E-state index contributed by atoms with van der Waals surface area (Å²) in [6.07, 6.45) is -12.2. The van der Waals surface area contributed by atoms with Gasteiger partial charge in [-0.05, 0) is 68.0 Å². The summed E-state index contributed by atoms with van der Waals surface area (Å²) in [5.74, 6) is -6.90. The lowest BCUT2D eigenvalue weighted by Crippen LogP contribution is -2.67. The molecule has 1 N–H and O–H groups in total. The number of rotatable bonds is 22. The Morgan fingerprint density at radius 3 is 1.63 bits per heavy atom. The molecule has 4 heterocycles. The first-order valence-electron chi connectivity index (χ1n) is 24.0. The van der Waals surface area contributed by atoms with E-state index in [0.717, 1.165) is 61.3 Å². The van der Waals surface area contributed by atoms with E-state index in [0.29, 0.717) is 22.4 Å². The molecule has 2 aromatic heterocycles. The van der Waals surface area contributed by atoms with Crippen molar-refractivity contribution in [3.8, 4) is 17.4 Å². The lowest BCUT2D eigenvalue weighted by Gasteiger charge is -2.48. The Morgan fingerprint density at radius 2 is 1.13 bits per heavy atom. The fourth-order valence-electron chi connectivity index (χ4n) is 8.32. The Balaban J connectivity index is 1.35. The van der Waals surface area contributed by atoms with E-state index in [1.807, 2.05) is 0 Å². The van der Waals surface area contributed by atoms with Crippen molar-refractivity contribution in [3.05, 3.63) is 77.2 Å². The monoisotopic (exact) mass is 1070 g/mol. The molecule has 1 aliphatic carbocycles. The van der Waals surface area contributed by atoms with E-state index in [1.165, 1.54) is 18.3 Å². The van der Waals surface area contributed by atoms with Crippen molar-refractivity contribution in [1.29, 1.82) is 0 Å². The van der Waals surface area contributed by atoms with Crippen LogP contribution in [0, 0.1) is 0 Å². The SMILES string of the molecule is CC(=O)OCC1O[C@@H](O[C@@H]2C(COC(C)=O)O[C@@H](Oc3ccc(C[C@H](c4ccc(C(C)(C)O)nc4)c4ccc(OC(F)F)c(OC5CC5)c4)cn3)[C@H](OC(C)=O)C2OC(C)=O)[C@H](OC(C)=O)C(OC(C)=O)[C@@H]1OC(C)=O. The van der Waals surface area contributed by atoms with Crippen molar-refractivity contribution < 1.29 is 109 Å². The molecule has 0 amide bonds. The third kappa shape index (κ3) is 16.5. The molecule has 0 spiro atoms. The number of aromatic nitrogens is 2. The summed E-state index contributed by atoms with van der Waals surface area (Å²) in [7, 11) is 0. The van der Waals surface area contributed by atoms with Gasteiger partial charge in [0.15, 0.2) is 42.2 Å². The van der Waals surface area contributed by atoms with Crippen molar-refractivity contribution in [2.45, 2.75) is 167 Å². The number of pyridine rings is 2. The summed E-state index contributed by atoms with van der Waals surface area (Å²) >= 11 is 0. The molecule has 2 saturated heterocycles. The van der Waals surface area contributed by atoms with Crippen LogP contribution in [-0.4, -0.2) is 144 Å². The molecular formula is C51H60F2N2O21. The first kappa shape index (κ1) is 58.2. The minimum Gasteiger partial charge on any atom is -0.487 e. The molecule has 1 aromatic carbocycles. The third-order valence-corrected chi connectivity index (χ3v) is 11.6. The Kier molecular flexibility index (Phi) is 19.6. The van der Waals surface area contributed by atoms with E-state index >= 15 is 0 Å². The number of benzene rings is 1. The second-order valence-electron chi connectivity index (χ2n) is 18.5. The van der Waals surface area contributed by atoms with Gasteiger partial charge >= 0.3 is 48.4 Å². The van der Waals surface area contributed by atoms with Crippen LogP contribution < -0.4 is 14.2 Å². The number of carbonyl (C=O) groups is 7. The Morgan fingerprint density at radius 1 is 0.605 bits per heavy atom. The number of halogens is 2. The van der Waals surface area contributed by atoms with Crippen molar-refractivity contribution in [2.75, 3.05) is 13.2 Å². The van der Waals surface area contributed by atoms with Crippen LogP contribution in [-0.2, 0) is 93.0 Å². The van der Waals surface area contributed by atoms with E-state index in [-0.39, 0.29) is 29.9 Å². The number of carbonyl (C=O) groups excluding carboxylic acids is 7. The molecular weight excluding hydrogens is 1010 g/mol. The summed E-state index contributed by atoms with van der Waals surface area (Å²) < 4.78 is 101. The molecule has 1 saturated carbocycles. The van der Waals surface area contributed by atoms with Crippen molar-refractivity contribution in [1.82, 2.24) is 9.97 Å². The van der Waals surface area contributed by atoms with Gasteiger partial charge in [-0.15, -0.1) is 0 Å². The Bertz CT molecular complexity index is 2540. The summed E-state index contributed by atoms with van der Waals surface area (Å²) in [4.78, 5) is 96.7. The molecule has 3 aliphatic rings. The highest BCUT2D eigenvalue weighted by Crippen LogP contribution is 2.40. The van der Waals surface area contributed by atoms with E-state index in [1.54, 1.807) is 50.4 Å². The molecule has 6 rings (SSSR count). The minimum atomic E-state index is -3.10. The number of esters is 7. The van der Waals surface area contributed by atoms with Crippen molar-refractivity contribution >= 4 is 41.8 Å². The van der Waals surface area contributed by atoms with Crippen LogP contribution in [0.5, 0.6) is 17.4 Å². The zero-order valence-electron chi connectivity index (χ0n) is 43.0. The average Bonchev–Trinajstić information content (AvgIpc) is 4.15. The highest BCUT2D eigenvalue weighted by atomic mass is 19.3. The van der Waals surface area contributed by atoms with E-state index in [2.05, 4.69) is 9.97 Å². The second kappa shape index (κ2) is 25.6. The highest BCUT2D eigenvalue weighted by Gasteiger charge is 2.58. The standard InChI is InChI=1S/C51H60F2N2O21/c1-24(56)64-22-38-42(66-26(3)58)44(67-27(4)59)47(70-30(7)62)49(73-38)76-43-39(23-65-25(2)57)72-48(46(69-29(6)61)45(43)68-28(5)60)75-41-17-10-31(20-55-41)18-35(33-12-16-40(54-21-33)51(8,9)63)32-11-15-36(74-50(52)53)37(19-32)71-34-13-14-34/h10-12,15-17,19-21,34-35,38-39,42-50,63H,13-14,18,22-23H2,1-9H3/t35-,38?,39?,42+,43+,44?,45?,46+,47+,48-,49-/m0/s1. The highest BCUT2D eigenvalue weighted by molar-refractivity contribution is 5.69. The summed E-state index contributed by atoms with van der Waals surface area (Å²) in [5.41, 5.74) is 1.10. The molecule has 414 valence electrons. The Hall–Kier alpha value is -7.09. The number of alkyl halides is 2. The van der Waals surface area contributed by atoms with Crippen LogP contribution in [0.2, 0.25) is 0 Å². The molecule has 4 unspecified atom stereocenters. The van der Waals surface area contributed by atoms with E-state index in [9.17, 15) is 47.4 Å². The van der Waals surface area contributed by atoms with Gasteiger partial charge in [0.2, 0.25) is 18.3 Å². The van der Waals surface area contributed by atoms with Crippen molar-refractivity contribution in [2.24, 2.45) is 0 Å². The van der Waals surface area contributed by atoms with Crippen LogP contribution in [0.25, 0.3) is 0 Å². The van der Waals surface area contributed by atoms with Crippen LogP contribution in [0.4, 0.5) is 8.78 Å². The zero-order chi connectivity index (χ0) is 55.6. The molecule has 0 bridgehead atoms. The number of hydrogen-bond acceptors (Lipinski definition) is 23. The van der Waals surface area contributed by atoms with Gasteiger partial charge in [0.05, 0.1) is 11.8 Å². The second-order valence-corrected chi connectivity index (χ2v) is 18.5. The van der Waals surface area contributed by atoms with Crippen LogP contribution in [0.15, 0.2) is 54.9 Å². The van der Waals surface area contributed by atoms with E-state index in [4.69, 9.17) is 61.6 Å². The number of nitrogens with zero attached hydrogens (tertiary/aromatic N) is 2. The fourth-order valence-corrected chi connectivity index (χ4v) is 8.32. The molecule has 23 nitrogen and oxygen atoms in total. The topological polar surface area (TPSA) is 285 Å². The first-order valence-corrected chi connectivity index (χ1v) is 24.0. The first-order chi connectivity index (χ1) is 35.8. The van der Waals surface area contributed by atoms with Crippen LogP contribution >= 0.6 is 0 Å². The maximum Gasteiger partial charge on any atom is 0.387 e. The van der Waals surface area contributed by atoms with Gasteiger partial charge < -0.3 is 66.7 Å². The maximum atomic E-state index is 13.4. The quantitative estimate of drug-likeness (QED) is 0.109. The third-order valence-electron chi connectivity index (χ3n) is 11.6. The summed E-state index contributed by atoms with van der Waals surface area (Å²) in [6.45, 7) is 6.10. The molecule has 11 atom stereocenters. The number of ether oxygens (including phenoxy) is 13. The number of aliphatic hydroxyl groups is 1. The smallest absolute Gasteiger partial charge is 0.387 e. The average molecular weight is 1080 g/mol. The largest absolute Gasteiger partial charge is 0.487 e. The molecule has 3 aromatic rings. The van der Waals surface area contributed by atoms with Crippen LogP contribution in [0.3, 0.4) is 0 Å². The van der Waals surface area contributed by atoms with Gasteiger partial charge in [-0.25, -0.2) is 4.98 Å². The molecule has 2 aliphatic heterocycles. The minimum absolute atomic E-state index is 0.126.